The Morgan fingerprint density at radius 1 is 0.913 bits per heavy atom. The molecule has 0 amide bonds. The van der Waals surface area contributed by atoms with Gasteiger partial charge in [0.2, 0.25) is 0 Å². The van der Waals surface area contributed by atoms with Gasteiger partial charge in [-0.15, -0.1) is 0 Å². The van der Waals surface area contributed by atoms with Crippen LogP contribution in [0.4, 0.5) is 0 Å². The van der Waals surface area contributed by atoms with Gasteiger partial charge in [0, 0.05) is 0 Å². The van der Waals surface area contributed by atoms with Crippen LogP contribution in [0.3, 0.4) is 0 Å². The van der Waals surface area contributed by atoms with Crippen LogP contribution in [0.2, 0.25) is 0 Å². The summed E-state index contributed by atoms with van der Waals surface area (Å²) in [5.41, 5.74) is 2.84. The van der Waals surface area contributed by atoms with Crippen LogP contribution < -0.4 is 4.33 Å². The molecule has 0 saturated carbocycles. The van der Waals surface area contributed by atoms with Gasteiger partial charge in [0.15, 0.2) is 0 Å². The van der Waals surface area contributed by atoms with Crippen LogP contribution >= 0.6 is 17.4 Å². The fourth-order valence-electron chi connectivity index (χ4n) is 2.35. The van der Waals surface area contributed by atoms with Crippen molar-refractivity contribution in [2.24, 2.45) is 0 Å². The zero-order chi connectivity index (χ0) is 16.4. The van der Waals surface area contributed by atoms with E-state index in [2.05, 4.69) is 71.6 Å². The van der Waals surface area contributed by atoms with E-state index in [4.69, 9.17) is 12.2 Å². The van der Waals surface area contributed by atoms with E-state index in [1.165, 1.54) is 23.5 Å². The SMILES string of the molecule is C=CC[NH2+][Se][P+]([S])(CCc1ccccc1)CCc1ccccc1. The van der Waals surface area contributed by atoms with Crippen LogP contribution in [-0.4, -0.2) is 33.6 Å². The summed E-state index contributed by atoms with van der Waals surface area (Å²) >= 11 is 6.66. The second kappa shape index (κ2) is 10.3. The van der Waals surface area contributed by atoms with Gasteiger partial charge in [-0.25, -0.2) is 0 Å². The number of quaternary nitrogens is 1. The summed E-state index contributed by atoms with van der Waals surface area (Å²) in [5.74, 6) is 0. The van der Waals surface area contributed by atoms with E-state index in [-0.39, 0.29) is 0 Å². The zero-order valence-corrected chi connectivity index (χ0v) is 16.9. The van der Waals surface area contributed by atoms with E-state index >= 15 is 0 Å². The third-order valence-electron chi connectivity index (χ3n) is 3.70. The number of hydrogen-bond donors (Lipinski definition) is 1. The van der Waals surface area contributed by atoms with E-state index in [0.717, 1.165) is 19.4 Å². The predicted octanol–water partition coefficient (Wildman–Crippen LogP) is 3.89. The molecule has 0 unspecified atom stereocenters. The Labute approximate surface area is 152 Å². The molecule has 0 fully saturated rings. The molecule has 0 aliphatic rings. The van der Waals surface area contributed by atoms with Gasteiger partial charge < -0.3 is 0 Å². The molecule has 0 aliphatic carbocycles. The zero-order valence-electron chi connectivity index (χ0n) is 13.4. The first kappa shape index (κ1) is 18.8. The molecule has 2 N–H and O–H groups in total. The van der Waals surface area contributed by atoms with Gasteiger partial charge in [0.05, 0.1) is 0 Å². The Bertz CT molecular complexity index is 533. The van der Waals surface area contributed by atoms with Crippen LogP contribution in [0.15, 0.2) is 73.3 Å². The molecule has 23 heavy (non-hydrogen) atoms. The monoisotopic (exact) mass is 410 g/mol. The van der Waals surface area contributed by atoms with Crippen LogP contribution in [0.5, 0.6) is 0 Å². The number of hydrogen-bond acceptors (Lipinski definition) is 0. The average Bonchev–Trinajstić information content (AvgIpc) is 2.61. The van der Waals surface area contributed by atoms with Crippen molar-refractivity contribution in [3.63, 3.8) is 0 Å². The Morgan fingerprint density at radius 2 is 1.39 bits per heavy atom. The molecule has 121 valence electrons. The predicted molar refractivity (Wildman–Crippen MR) is 107 cm³/mol. The van der Waals surface area contributed by atoms with Crippen molar-refractivity contribution in [3.8, 4) is 0 Å². The molecular weight excluding hydrogens is 384 g/mol. The third-order valence-corrected chi connectivity index (χ3v) is 14.5. The maximum absolute atomic E-state index is 6.19. The minimum atomic E-state index is -1.29. The van der Waals surface area contributed by atoms with Gasteiger partial charge in [-0.05, 0) is 0 Å². The minimum absolute atomic E-state index is 0.472. The molecule has 4 heteroatoms. The summed E-state index contributed by atoms with van der Waals surface area (Å²) < 4.78 is 2.40. The molecule has 0 atom stereocenters. The summed E-state index contributed by atoms with van der Waals surface area (Å²) in [6.45, 7) is 4.82. The van der Waals surface area contributed by atoms with Gasteiger partial charge in [-0.3, -0.25) is 0 Å². The molecule has 1 radical (unpaired) electrons. The molecule has 0 aliphatic heterocycles. The summed E-state index contributed by atoms with van der Waals surface area (Å²) in [6, 6.07) is 21.5. The van der Waals surface area contributed by atoms with Crippen molar-refractivity contribution in [2.45, 2.75) is 12.8 Å². The summed E-state index contributed by atoms with van der Waals surface area (Å²) in [4.78, 5) is 0. The first-order valence-corrected chi connectivity index (χ1v) is 14.4. The molecule has 0 saturated heterocycles. The van der Waals surface area contributed by atoms with E-state index in [1.54, 1.807) is 0 Å². The molecule has 2 aromatic rings. The van der Waals surface area contributed by atoms with E-state index in [9.17, 15) is 0 Å². The topological polar surface area (TPSA) is 16.6 Å². The van der Waals surface area contributed by atoms with E-state index in [1.807, 2.05) is 6.08 Å². The van der Waals surface area contributed by atoms with Crippen LogP contribution in [0, 0.1) is 0 Å². The molecule has 2 rings (SSSR count). The van der Waals surface area contributed by atoms with Crippen molar-refractivity contribution >= 4 is 32.1 Å². The number of rotatable bonds is 10. The van der Waals surface area contributed by atoms with E-state index in [0.29, 0.717) is 14.7 Å². The Balaban J connectivity index is 1.94. The van der Waals surface area contributed by atoms with Crippen molar-refractivity contribution in [1.82, 2.24) is 0 Å². The van der Waals surface area contributed by atoms with Crippen molar-refractivity contribution in [1.29, 1.82) is 0 Å². The first-order chi connectivity index (χ1) is 11.2. The summed E-state index contributed by atoms with van der Waals surface area (Å²) in [7, 11) is 0. The van der Waals surface area contributed by atoms with Gasteiger partial charge in [0.1, 0.15) is 0 Å². The van der Waals surface area contributed by atoms with Gasteiger partial charge in [-0.2, -0.15) is 0 Å². The van der Waals surface area contributed by atoms with Crippen molar-refractivity contribution in [2.75, 3.05) is 18.9 Å². The molecule has 0 bridgehead atoms. The van der Waals surface area contributed by atoms with Gasteiger partial charge >= 0.3 is 153 Å². The van der Waals surface area contributed by atoms with Gasteiger partial charge in [-0.1, -0.05) is 0 Å². The quantitative estimate of drug-likeness (QED) is 0.265. The van der Waals surface area contributed by atoms with E-state index < -0.39 is 5.15 Å². The standard InChI is InChI=1S/C19H24NPSSe/c1-2-15-20-23-21(22,16-13-18-9-5-3-6-10-18)17-14-19-11-7-4-8-12-19/h2-12,20H,1,13-17H2/q+1/p+1. The Kier molecular flexibility index (Phi) is 8.44. The Morgan fingerprint density at radius 3 is 1.83 bits per heavy atom. The van der Waals surface area contributed by atoms with Gasteiger partial charge in [0.25, 0.3) is 0 Å². The van der Waals surface area contributed by atoms with Crippen molar-refractivity contribution < 1.29 is 4.33 Å². The number of benzene rings is 2. The molecule has 0 spiro atoms. The normalized spacial score (nSPS) is 11.3. The average molecular weight is 409 g/mol. The molecule has 0 aromatic heterocycles. The van der Waals surface area contributed by atoms with Crippen LogP contribution in [-0.2, 0) is 12.8 Å². The number of nitrogens with two attached hydrogens (primary N) is 1. The summed E-state index contributed by atoms with van der Waals surface area (Å²) in [6.07, 6.45) is 6.60. The second-order valence-corrected chi connectivity index (χ2v) is 18.4. The first-order valence-electron chi connectivity index (χ1n) is 7.99. The fraction of sp³-hybridized carbons (Fsp3) is 0.263. The number of aryl methyl sites for hydroxylation is 2. The maximum atomic E-state index is 6.19. The molecule has 1 nitrogen and oxygen atoms in total. The molecule has 2 aromatic carbocycles. The van der Waals surface area contributed by atoms with Crippen LogP contribution in [0.25, 0.3) is 0 Å². The van der Waals surface area contributed by atoms with Crippen molar-refractivity contribution in [3.05, 3.63) is 84.4 Å². The summed E-state index contributed by atoms with van der Waals surface area (Å²) in [5, 5.41) is -1.29. The third kappa shape index (κ3) is 7.25. The molecular formula is C19H25NPSSe+2. The fourth-order valence-corrected chi connectivity index (χ4v) is 10.9. The van der Waals surface area contributed by atoms with Crippen LogP contribution in [0.1, 0.15) is 11.1 Å². The Hall–Kier alpha value is -0.561. The molecule has 0 heterocycles. The second-order valence-electron chi connectivity index (χ2n) is 5.53.